The van der Waals surface area contributed by atoms with Crippen molar-refractivity contribution in [1.82, 2.24) is 9.97 Å². The van der Waals surface area contributed by atoms with E-state index in [-0.39, 0.29) is 16.2 Å². The highest BCUT2D eigenvalue weighted by Gasteiger charge is 2.44. The van der Waals surface area contributed by atoms with Gasteiger partial charge in [-0.2, -0.15) is 0 Å². The topological polar surface area (TPSA) is 45.4 Å². The number of pyridine rings is 2. The summed E-state index contributed by atoms with van der Waals surface area (Å²) < 4.78 is 7.09. The van der Waals surface area contributed by atoms with Gasteiger partial charge in [0.1, 0.15) is 22.8 Å². The summed E-state index contributed by atoms with van der Waals surface area (Å²) in [5, 5.41) is 2.20. The van der Waals surface area contributed by atoms with Gasteiger partial charge < -0.3 is 4.42 Å². The van der Waals surface area contributed by atoms with Gasteiger partial charge in [0, 0.05) is 45.8 Å². The fraction of sp³-hybridized carbons (Fsp3) is 0.309. The molecule has 60 heavy (non-hydrogen) atoms. The number of rotatable bonds is 8. The molecule has 5 heteroatoms. The van der Waals surface area contributed by atoms with Crippen LogP contribution in [0.4, 0.5) is 28.7 Å². The summed E-state index contributed by atoms with van der Waals surface area (Å²) in [7, 11) is 0. The van der Waals surface area contributed by atoms with Crippen LogP contribution in [0, 0.1) is 19.3 Å². The largest absolute Gasteiger partial charge is 0.455 e. The summed E-state index contributed by atoms with van der Waals surface area (Å²) in [6, 6.07) is 35.8. The average molecular weight is 791 g/mol. The normalized spacial score (nSPS) is 14.8. The summed E-state index contributed by atoms with van der Waals surface area (Å²) in [6.45, 7) is 22.6. The third kappa shape index (κ3) is 6.54. The van der Waals surface area contributed by atoms with Crippen molar-refractivity contribution in [2.45, 2.75) is 106 Å². The number of furan rings is 1. The van der Waals surface area contributed by atoms with Crippen LogP contribution in [-0.4, -0.2) is 9.97 Å². The Morgan fingerprint density at radius 1 is 0.650 bits per heavy atom. The highest BCUT2D eigenvalue weighted by Crippen LogP contribution is 2.59. The monoisotopic (exact) mass is 790 g/mol. The van der Waals surface area contributed by atoms with Crippen molar-refractivity contribution >= 4 is 50.6 Å². The second kappa shape index (κ2) is 14.7. The van der Waals surface area contributed by atoms with Gasteiger partial charge in [-0.15, -0.1) is 0 Å². The maximum absolute atomic E-state index is 7.09. The molecule has 0 atom stereocenters. The molecule has 0 spiro atoms. The van der Waals surface area contributed by atoms with E-state index in [0.717, 1.165) is 87.4 Å². The molecule has 304 valence electrons. The molecule has 0 unspecified atom stereocenters. The minimum Gasteiger partial charge on any atom is -0.455 e. The molecule has 0 aliphatic heterocycles. The molecule has 3 heterocycles. The summed E-state index contributed by atoms with van der Waals surface area (Å²) in [5.74, 6) is 1.81. The Balaban J connectivity index is 1.30. The quantitative estimate of drug-likeness (QED) is 0.153. The van der Waals surface area contributed by atoms with Crippen LogP contribution < -0.4 is 9.80 Å². The Kier molecular flexibility index (Phi) is 9.65. The van der Waals surface area contributed by atoms with Crippen molar-refractivity contribution in [3.63, 3.8) is 0 Å². The van der Waals surface area contributed by atoms with Gasteiger partial charge in [0.15, 0.2) is 0 Å². The molecule has 0 saturated carbocycles. The molecule has 9 rings (SSSR count). The van der Waals surface area contributed by atoms with Crippen LogP contribution in [0.3, 0.4) is 0 Å². The van der Waals surface area contributed by atoms with Gasteiger partial charge in [-0.1, -0.05) is 116 Å². The predicted octanol–water partition coefficient (Wildman–Crippen LogP) is 15.6. The minimum atomic E-state index is -0.266. The van der Waals surface area contributed by atoms with E-state index in [2.05, 4.69) is 188 Å². The van der Waals surface area contributed by atoms with Crippen molar-refractivity contribution in [3.8, 4) is 11.1 Å². The number of para-hydroxylation sites is 1. The summed E-state index contributed by atoms with van der Waals surface area (Å²) >= 11 is 0. The van der Waals surface area contributed by atoms with Crippen LogP contribution in [-0.2, 0) is 10.8 Å². The predicted molar refractivity (Wildman–Crippen MR) is 252 cm³/mol. The molecule has 0 fully saturated rings. The van der Waals surface area contributed by atoms with Gasteiger partial charge in [-0.3, -0.25) is 9.80 Å². The SMILES string of the molecule is CCC1(CC)c2cc(N(C3=CC=C(C(C)(C)C)CC3)c3ccc(C)cn3)ccc2-c2c1cc(N(c1ccc(C(C)(C)C)cc1)c1ccc(C)cn1)c1c2oc2ccccc21. The van der Waals surface area contributed by atoms with Crippen LogP contribution in [0.2, 0.25) is 0 Å². The lowest BCUT2D eigenvalue weighted by Gasteiger charge is -2.34. The third-order valence-corrected chi connectivity index (χ3v) is 13.3. The number of anilines is 5. The minimum absolute atomic E-state index is 0.0320. The summed E-state index contributed by atoms with van der Waals surface area (Å²) in [6.07, 6.45) is 12.5. The standard InChI is InChI=1S/C55H58N4O/c1-11-55(12-2)44-31-41(58(48-29-17-35(3)33-56-48)39-23-19-37(20-24-39)53(5,6)7)27-28-42(44)50-45(55)32-46(51-43-15-13-14-16-47(43)60-52(50)51)59(49-30-18-36(4)34-57-49)40-25-21-38(22-26-40)54(8,9)10/h13-19,21-23,25-34H,11-12,20,24H2,1-10H3. The van der Waals surface area contributed by atoms with E-state index in [1.807, 2.05) is 12.4 Å². The van der Waals surface area contributed by atoms with E-state index in [9.17, 15) is 0 Å². The second-order valence-electron chi connectivity index (χ2n) is 19.1. The van der Waals surface area contributed by atoms with E-state index in [1.165, 1.54) is 39.1 Å². The molecule has 2 aliphatic carbocycles. The zero-order chi connectivity index (χ0) is 42.1. The molecular weight excluding hydrogens is 733 g/mol. The average Bonchev–Trinajstić information content (AvgIpc) is 3.76. The molecule has 3 aromatic heterocycles. The lowest BCUT2D eigenvalue weighted by Crippen LogP contribution is -2.25. The lowest BCUT2D eigenvalue weighted by molar-refractivity contribution is 0.479. The molecule has 0 radical (unpaired) electrons. The molecule has 5 nitrogen and oxygen atoms in total. The second-order valence-corrected chi connectivity index (χ2v) is 19.1. The number of nitrogens with zero attached hydrogens (tertiary/aromatic N) is 4. The molecule has 0 bridgehead atoms. The Morgan fingerprint density at radius 2 is 1.30 bits per heavy atom. The van der Waals surface area contributed by atoms with E-state index in [4.69, 9.17) is 14.4 Å². The Morgan fingerprint density at radius 3 is 1.88 bits per heavy atom. The fourth-order valence-electron chi connectivity index (χ4n) is 9.72. The van der Waals surface area contributed by atoms with Crippen molar-refractivity contribution in [3.05, 3.63) is 161 Å². The molecule has 4 aromatic carbocycles. The van der Waals surface area contributed by atoms with Crippen molar-refractivity contribution in [2.75, 3.05) is 9.80 Å². The van der Waals surface area contributed by atoms with Crippen LogP contribution in [0.5, 0.6) is 0 Å². The number of aromatic nitrogens is 2. The molecule has 2 aliphatic rings. The fourth-order valence-corrected chi connectivity index (χ4v) is 9.72. The van der Waals surface area contributed by atoms with Gasteiger partial charge in [0.05, 0.1) is 11.1 Å². The van der Waals surface area contributed by atoms with Gasteiger partial charge in [0.25, 0.3) is 0 Å². The first-order valence-corrected chi connectivity index (χ1v) is 21.8. The van der Waals surface area contributed by atoms with Gasteiger partial charge in [0.2, 0.25) is 0 Å². The highest BCUT2D eigenvalue weighted by molar-refractivity contribution is 6.19. The first-order chi connectivity index (χ1) is 28.7. The summed E-state index contributed by atoms with van der Waals surface area (Å²) in [4.78, 5) is 14.8. The number of fused-ring (bicyclic) bond motifs is 7. The number of benzene rings is 4. The van der Waals surface area contributed by atoms with Crippen LogP contribution in [0.1, 0.15) is 109 Å². The zero-order valence-electron chi connectivity index (χ0n) is 37.1. The molecule has 0 saturated heterocycles. The smallest absolute Gasteiger partial charge is 0.145 e. The molecule has 0 amide bonds. The van der Waals surface area contributed by atoms with Gasteiger partial charge >= 0.3 is 0 Å². The van der Waals surface area contributed by atoms with Crippen molar-refractivity contribution in [2.24, 2.45) is 5.41 Å². The Hall–Kier alpha value is -5.94. The van der Waals surface area contributed by atoms with Gasteiger partial charge in [-0.05, 0) is 138 Å². The first kappa shape index (κ1) is 39.5. The van der Waals surface area contributed by atoms with Crippen LogP contribution in [0.15, 0.2) is 137 Å². The molecule has 0 N–H and O–H groups in total. The van der Waals surface area contributed by atoms with Crippen molar-refractivity contribution < 1.29 is 4.42 Å². The van der Waals surface area contributed by atoms with Gasteiger partial charge in [-0.25, -0.2) is 9.97 Å². The Bertz CT molecular complexity index is 2800. The zero-order valence-corrected chi connectivity index (χ0v) is 37.1. The summed E-state index contributed by atoms with van der Waals surface area (Å²) in [5.41, 5.74) is 16.4. The van der Waals surface area contributed by atoms with E-state index in [0.29, 0.717) is 0 Å². The number of hydrogen-bond acceptors (Lipinski definition) is 5. The van der Waals surface area contributed by atoms with E-state index in [1.54, 1.807) is 0 Å². The van der Waals surface area contributed by atoms with Crippen LogP contribution >= 0.6 is 0 Å². The highest BCUT2D eigenvalue weighted by atomic mass is 16.3. The maximum Gasteiger partial charge on any atom is 0.145 e. The maximum atomic E-state index is 7.09. The molecule has 7 aromatic rings. The lowest BCUT2D eigenvalue weighted by atomic mass is 9.73. The van der Waals surface area contributed by atoms with E-state index >= 15 is 0 Å². The van der Waals surface area contributed by atoms with Crippen LogP contribution in [0.25, 0.3) is 33.1 Å². The number of aryl methyl sites for hydroxylation is 2. The van der Waals surface area contributed by atoms with Crippen molar-refractivity contribution in [1.29, 1.82) is 0 Å². The number of allylic oxidation sites excluding steroid dienone is 4. The third-order valence-electron chi connectivity index (χ3n) is 13.3. The van der Waals surface area contributed by atoms with E-state index < -0.39 is 0 Å². The number of hydrogen-bond donors (Lipinski definition) is 0. The Labute approximate surface area is 356 Å². The molecular formula is C55H58N4O. The first-order valence-electron chi connectivity index (χ1n) is 21.8.